The van der Waals surface area contributed by atoms with Gasteiger partial charge in [-0.2, -0.15) is 0 Å². The van der Waals surface area contributed by atoms with Crippen LogP contribution in [0, 0.1) is 5.92 Å². The fourth-order valence-corrected chi connectivity index (χ4v) is 3.41. The van der Waals surface area contributed by atoms with Crippen molar-refractivity contribution in [2.75, 3.05) is 26.2 Å². The van der Waals surface area contributed by atoms with Crippen molar-refractivity contribution < 1.29 is 18.7 Å². The van der Waals surface area contributed by atoms with E-state index in [9.17, 15) is 4.79 Å². The van der Waals surface area contributed by atoms with Gasteiger partial charge in [0.1, 0.15) is 11.4 Å². The maximum Gasteiger partial charge on any atom is 0.407 e. The van der Waals surface area contributed by atoms with Crippen LogP contribution in [0.4, 0.5) is 4.79 Å². The number of halogens is 1. The summed E-state index contributed by atoms with van der Waals surface area (Å²) >= 11 is 0. The first kappa shape index (κ1) is 25.8. The lowest BCUT2D eigenvalue weighted by Crippen LogP contribution is -2.45. The van der Waals surface area contributed by atoms with Crippen LogP contribution >= 0.6 is 24.0 Å². The highest BCUT2D eigenvalue weighted by Crippen LogP contribution is 2.33. The summed E-state index contributed by atoms with van der Waals surface area (Å²) in [6.45, 7) is 8.37. The molecule has 1 amide bonds. The van der Waals surface area contributed by atoms with Gasteiger partial charge in [-0.05, 0) is 64.5 Å². The van der Waals surface area contributed by atoms with Crippen molar-refractivity contribution in [3.8, 4) is 0 Å². The van der Waals surface area contributed by atoms with Gasteiger partial charge in [-0.1, -0.05) is 0 Å². The number of nitrogens with one attached hydrogen (secondary N) is 3. The van der Waals surface area contributed by atoms with Gasteiger partial charge < -0.3 is 29.8 Å². The van der Waals surface area contributed by atoms with Crippen molar-refractivity contribution in [1.29, 1.82) is 0 Å². The molecule has 1 aromatic heterocycles. The Kier molecular flexibility index (Phi) is 10.4. The van der Waals surface area contributed by atoms with Crippen molar-refractivity contribution in [2.45, 2.75) is 70.6 Å². The van der Waals surface area contributed by atoms with Crippen LogP contribution in [0.25, 0.3) is 0 Å². The molecule has 176 valence electrons. The van der Waals surface area contributed by atoms with E-state index in [1.54, 1.807) is 6.26 Å². The Bertz CT molecular complexity index is 680. The molecule has 3 rings (SSSR count). The molecule has 2 fully saturated rings. The molecule has 3 N–H and O–H groups in total. The summed E-state index contributed by atoms with van der Waals surface area (Å²) in [6.07, 6.45) is 6.70. The lowest BCUT2D eigenvalue weighted by atomic mass is 10.2. The Morgan fingerprint density at radius 3 is 2.71 bits per heavy atom. The second-order valence-electron chi connectivity index (χ2n) is 9.05. The summed E-state index contributed by atoms with van der Waals surface area (Å²) in [5.41, 5.74) is -0.511. The number of hydrogen-bond donors (Lipinski definition) is 3. The fourth-order valence-electron chi connectivity index (χ4n) is 3.41. The second kappa shape index (κ2) is 12.5. The van der Waals surface area contributed by atoms with Gasteiger partial charge in [0, 0.05) is 26.1 Å². The zero-order valence-corrected chi connectivity index (χ0v) is 21.1. The Labute approximate surface area is 202 Å². The molecule has 2 heterocycles. The van der Waals surface area contributed by atoms with E-state index >= 15 is 0 Å². The zero-order chi connectivity index (χ0) is 21.4. The van der Waals surface area contributed by atoms with Crippen molar-refractivity contribution in [1.82, 2.24) is 16.0 Å². The third kappa shape index (κ3) is 10.1. The summed E-state index contributed by atoms with van der Waals surface area (Å²) < 4.78 is 16.5. The maximum atomic E-state index is 12.2. The standard InChI is InChI=1S/C22H36N4O4.HI/c1-22(2,3)30-21(27)26-19(16-8-9-16)15-25-20(24-14-18-7-5-13-29-18)23-11-10-17-6-4-12-28-17;/h4,6,12,16,18-19H,5,7-11,13-15H2,1-3H3,(H,26,27)(H2,23,24,25);1H. The molecule has 2 atom stereocenters. The van der Waals surface area contributed by atoms with E-state index in [4.69, 9.17) is 18.9 Å². The lowest BCUT2D eigenvalue weighted by Gasteiger charge is -2.23. The van der Waals surface area contributed by atoms with Gasteiger partial charge in [-0.15, -0.1) is 24.0 Å². The second-order valence-corrected chi connectivity index (χ2v) is 9.05. The number of aliphatic imine (C=N–C) groups is 1. The van der Waals surface area contributed by atoms with Gasteiger partial charge in [-0.3, -0.25) is 4.99 Å². The van der Waals surface area contributed by atoms with Gasteiger partial charge in [0.05, 0.1) is 25.0 Å². The predicted octanol–water partition coefficient (Wildman–Crippen LogP) is 3.46. The molecular formula is C22H37IN4O4. The zero-order valence-electron chi connectivity index (χ0n) is 18.8. The number of carbonyl (C=O) groups is 1. The Morgan fingerprint density at radius 1 is 1.29 bits per heavy atom. The van der Waals surface area contributed by atoms with Crippen molar-refractivity contribution in [2.24, 2.45) is 10.9 Å². The molecule has 0 spiro atoms. The van der Waals surface area contributed by atoms with E-state index in [2.05, 4.69) is 16.0 Å². The highest BCUT2D eigenvalue weighted by molar-refractivity contribution is 14.0. The first-order valence-electron chi connectivity index (χ1n) is 11.0. The number of furan rings is 1. The lowest BCUT2D eigenvalue weighted by molar-refractivity contribution is 0.0500. The van der Waals surface area contributed by atoms with Crippen LogP contribution in [-0.4, -0.2) is 56.0 Å². The first-order chi connectivity index (χ1) is 14.4. The molecule has 0 radical (unpaired) electrons. The average molecular weight is 548 g/mol. The molecule has 1 aromatic rings. The minimum Gasteiger partial charge on any atom is -0.469 e. The minimum absolute atomic E-state index is 0. The smallest absolute Gasteiger partial charge is 0.407 e. The Morgan fingerprint density at radius 2 is 2.10 bits per heavy atom. The van der Waals surface area contributed by atoms with Gasteiger partial charge >= 0.3 is 6.09 Å². The van der Waals surface area contributed by atoms with E-state index in [-0.39, 0.29) is 42.2 Å². The number of carbonyl (C=O) groups excluding carboxylic acids is 1. The fraction of sp³-hybridized carbons (Fsp3) is 0.727. The van der Waals surface area contributed by atoms with E-state index in [1.165, 1.54) is 0 Å². The van der Waals surface area contributed by atoms with E-state index in [1.807, 2.05) is 32.9 Å². The average Bonchev–Trinajstić information content (AvgIpc) is 3.14. The number of ether oxygens (including phenoxy) is 2. The van der Waals surface area contributed by atoms with E-state index in [0.717, 1.165) is 57.0 Å². The summed E-state index contributed by atoms with van der Waals surface area (Å²) in [5.74, 6) is 2.13. The van der Waals surface area contributed by atoms with Crippen molar-refractivity contribution in [3.63, 3.8) is 0 Å². The Hall–Kier alpha value is -1.49. The molecule has 1 saturated heterocycles. The first-order valence-corrected chi connectivity index (χ1v) is 11.0. The highest BCUT2D eigenvalue weighted by Gasteiger charge is 2.33. The molecule has 1 aliphatic carbocycles. The number of rotatable bonds is 9. The topological polar surface area (TPSA) is 97.1 Å². The number of nitrogens with zero attached hydrogens (tertiary/aromatic N) is 1. The van der Waals surface area contributed by atoms with Crippen LogP contribution in [0.1, 0.15) is 52.2 Å². The normalized spacial score (nSPS) is 20.0. The molecule has 0 bridgehead atoms. The van der Waals surface area contributed by atoms with Crippen LogP contribution in [-0.2, 0) is 15.9 Å². The van der Waals surface area contributed by atoms with Crippen LogP contribution in [0.5, 0.6) is 0 Å². The van der Waals surface area contributed by atoms with Crippen molar-refractivity contribution in [3.05, 3.63) is 24.2 Å². The van der Waals surface area contributed by atoms with Crippen LogP contribution in [0.3, 0.4) is 0 Å². The summed E-state index contributed by atoms with van der Waals surface area (Å²) in [4.78, 5) is 17.0. The SMILES string of the molecule is CC(C)(C)OC(=O)NC(CN=C(NCCc1ccco1)NCC1CCCO1)C1CC1.I. The van der Waals surface area contributed by atoms with Gasteiger partial charge in [0.15, 0.2) is 5.96 Å². The molecule has 31 heavy (non-hydrogen) atoms. The minimum atomic E-state index is -0.511. The van der Waals surface area contributed by atoms with Gasteiger partial charge in [0.2, 0.25) is 0 Å². The quantitative estimate of drug-likeness (QED) is 0.249. The maximum absolute atomic E-state index is 12.2. The molecule has 0 aromatic carbocycles. The summed E-state index contributed by atoms with van der Waals surface area (Å²) in [6, 6.07) is 3.83. The number of guanidine groups is 1. The van der Waals surface area contributed by atoms with Crippen LogP contribution in [0.15, 0.2) is 27.8 Å². The molecule has 1 saturated carbocycles. The molecule has 8 nitrogen and oxygen atoms in total. The Balaban J connectivity index is 0.00000341. The largest absolute Gasteiger partial charge is 0.469 e. The monoisotopic (exact) mass is 548 g/mol. The number of amides is 1. The summed E-state index contributed by atoms with van der Waals surface area (Å²) in [7, 11) is 0. The molecule has 9 heteroatoms. The van der Waals surface area contributed by atoms with Crippen molar-refractivity contribution >= 4 is 36.0 Å². The van der Waals surface area contributed by atoms with E-state index in [0.29, 0.717) is 19.0 Å². The van der Waals surface area contributed by atoms with Crippen LogP contribution < -0.4 is 16.0 Å². The number of alkyl carbamates (subject to hydrolysis) is 1. The summed E-state index contributed by atoms with van der Waals surface area (Å²) in [5, 5.41) is 9.76. The molecule has 2 aliphatic rings. The molecule has 2 unspecified atom stereocenters. The van der Waals surface area contributed by atoms with Crippen LogP contribution in [0.2, 0.25) is 0 Å². The highest BCUT2D eigenvalue weighted by atomic mass is 127. The predicted molar refractivity (Wildman–Crippen MR) is 131 cm³/mol. The van der Waals surface area contributed by atoms with E-state index < -0.39 is 5.60 Å². The van der Waals surface area contributed by atoms with Gasteiger partial charge in [-0.25, -0.2) is 4.79 Å². The van der Waals surface area contributed by atoms with Gasteiger partial charge in [0.25, 0.3) is 0 Å². The molecule has 1 aliphatic heterocycles. The third-order valence-corrected chi connectivity index (χ3v) is 5.10. The third-order valence-electron chi connectivity index (χ3n) is 5.10. The number of hydrogen-bond acceptors (Lipinski definition) is 5. The molecular weight excluding hydrogens is 511 g/mol.